The third-order valence-electron chi connectivity index (χ3n) is 4.63. The Balaban J connectivity index is 1.67. The number of nitrogens with zero attached hydrogens (tertiary/aromatic N) is 3. The molecule has 0 unspecified atom stereocenters. The van der Waals surface area contributed by atoms with Crippen molar-refractivity contribution in [2.75, 3.05) is 25.8 Å². The van der Waals surface area contributed by atoms with Crippen molar-refractivity contribution in [2.24, 2.45) is 0 Å². The van der Waals surface area contributed by atoms with Gasteiger partial charge >= 0.3 is 0 Å². The van der Waals surface area contributed by atoms with Crippen LogP contribution < -0.4 is 15.3 Å². The number of ketones is 1. The van der Waals surface area contributed by atoms with Gasteiger partial charge in [-0.1, -0.05) is 49.0 Å². The summed E-state index contributed by atoms with van der Waals surface area (Å²) in [4.78, 5) is 12.7. The second kappa shape index (κ2) is 9.47. The highest BCUT2D eigenvalue weighted by Crippen LogP contribution is 2.27. The number of ether oxygens (including phenoxy) is 2. The molecule has 29 heavy (non-hydrogen) atoms. The molecular formula is C21H24N4O3S. The average Bonchev–Trinajstić information content (AvgIpc) is 3.11. The predicted octanol–water partition coefficient (Wildman–Crippen LogP) is 3.33. The molecule has 1 heterocycles. The molecule has 1 atom stereocenters. The van der Waals surface area contributed by atoms with Crippen LogP contribution in [0.25, 0.3) is 0 Å². The Morgan fingerprint density at radius 2 is 1.90 bits per heavy atom. The van der Waals surface area contributed by atoms with E-state index < -0.39 is 0 Å². The number of hydrogen-bond acceptors (Lipinski definition) is 7. The number of nitrogen functional groups attached to an aromatic ring is 1. The van der Waals surface area contributed by atoms with Gasteiger partial charge in [-0.2, -0.15) is 0 Å². The number of thioether (sulfide) groups is 1. The zero-order valence-electron chi connectivity index (χ0n) is 16.7. The topological polar surface area (TPSA) is 92.3 Å². The van der Waals surface area contributed by atoms with E-state index in [9.17, 15) is 4.79 Å². The summed E-state index contributed by atoms with van der Waals surface area (Å²) >= 11 is 1.24. The van der Waals surface area contributed by atoms with Crippen molar-refractivity contribution in [3.63, 3.8) is 0 Å². The molecule has 2 aromatic carbocycles. The molecule has 0 spiro atoms. The maximum atomic E-state index is 12.7. The number of methoxy groups -OCH3 is 2. The number of benzene rings is 2. The molecule has 0 saturated heterocycles. The van der Waals surface area contributed by atoms with Crippen molar-refractivity contribution in [1.82, 2.24) is 14.9 Å². The van der Waals surface area contributed by atoms with Crippen LogP contribution in [0.3, 0.4) is 0 Å². The van der Waals surface area contributed by atoms with Crippen molar-refractivity contribution < 1.29 is 14.3 Å². The van der Waals surface area contributed by atoms with Crippen LogP contribution in [0.2, 0.25) is 0 Å². The van der Waals surface area contributed by atoms with Gasteiger partial charge in [0.1, 0.15) is 11.5 Å². The number of hydrogen-bond donors (Lipinski definition) is 1. The van der Waals surface area contributed by atoms with Gasteiger partial charge in [-0.15, -0.1) is 10.2 Å². The fourth-order valence-corrected chi connectivity index (χ4v) is 3.72. The number of carbonyl (C=O) groups excluding carboxylic acids is 1. The van der Waals surface area contributed by atoms with Crippen molar-refractivity contribution in [3.05, 3.63) is 65.5 Å². The van der Waals surface area contributed by atoms with Crippen molar-refractivity contribution in [3.8, 4) is 11.5 Å². The number of aromatic nitrogens is 3. The second-order valence-electron chi connectivity index (χ2n) is 6.56. The minimum Gasteiger partial charge on any atom is -0.497 e. The van der Waals surface area contributed by atoms with Gasteiger partial charge in [0.25, 0.3) is 0 Å². The van der Waals surface area contributed by atoms with E-state index in [0.29, 0.717) is 34.5 Å². The Labute approximate surface area is 174 Å². The molecule has 8 heteroatoms. The van der Waals surface area contributed by atoms with Gasteiger partial charge in [0.2, 0.25) is 5.16 Å². The number of carbonyl (C=O) groups is 1. The van der Waals surface area contributed by atoms with Crippen LogP contribution in [-0.2, 0) is 6.42 Å². The molecule has 0 fully saturated rings. The van der Waals surface area contributed by atoms with Crippen LogP contribution in [0, 0.1) is 0 Å². The average molecular weight is 413 g/mol. The first kappa shape index (κ1) is 20.7. The van der Waals surface area contributed by atoms with Gasteiger partial charge in [0, 0.05) is 6.42 Å². The van der Waals surface area contributed by atoms with E-state index >= 15 is 0 Å². The molecule has 1 aromatic heterocycles. The van der Waals surface area contributed by atoms with Gasteiger partial charge in [0.15, 0.2) is 11.6 Å². The Kier molecular flexibility index (Phi) is 6.77. The van der Waals surface area contributed by atoms with E-state index in [-0.39, 0.29) is 17.5 Å². The van der Waals surface area contributed by atoms with Gasteiger partial charge in [-0.25, -0.2) is 4.68 Å². The Morgan fingerprint density at radius 3 is 2.59 bits per heavy atom. The Morgan fingerprint density at radius 1 is 1.14 bits per heavy atom. The highest BCUT2D eigenvalue weighted by molar-refractivity contribution is 7.99. The third-order valence-corrected chi connectivity index (χ3v) is 5.57. The molecule has 0 saturated carbocycles. The lowest BCUT2D eigenvalue weighted by molar-refractivity contribution is 0.101. The lowest BCUT2D eigenvalue weighted by Crippen LogP contribution is -2.16. The normalized spacial score (nSPS) is 11.8. The van der Waals surface area contributed by atoms with Crippen LogP contribution in [0.4, 0.5) is 0 Å². The van der Waals surface area contributed by atoms with E-state index in [1.165, 1.54) is 29.1 Å². The first-order chi connectivity index (χ1) is 14.0. The molecule has 7 nitrogen and oxygen atoms in total. The van der Waals surface area contributed by atoms with Crippen LogP contribution >= 0.6 is 11.8 Å². The smallest absolute Gasteiger partial charge is 0.210 e. The maximum absolute atomic E-state index is 12.7. The number of nitrogens with two attached hydrogens (primary N) is 1. The van der Waals surface area contributed by atoms with Gasteiger partial charge in [-0.3, -0.25) is 4.79 Å². The SMILES string of the molecule is COc1ccc(OC)c(C(=O)CSc2nnc(C[C@H](C)c3ccccc3)n2N)c1. The summed E-state index contributed by atoms with van der Waals surface area (Å²) in [6.45, 7) is 2.12. The summed E-state index contributed by atoms with van der Waals surface area (Å²) in [6.07, 6.45) is 0.658. The molecular weight excluding hydrogens is 388 g/mol. The van der Waals surface area contributed by atoms with Crippen molar-refractivity contribution >= 4 is 17.5 Å². The highest BCUT2D eigenvalue weighted by Gasteiger charge is 2.18. The molecule has 3 aromatic rings. The van der Waals surface area contributed by atoms with E-state index in [4.69, 9.17) is 15.3 Å². The fraction of sp³-hybridized carbons (Fsp3) is 0.286. The molecule has 3 rings (SSSR count). The summed E-state index contributed by atoms with van der Waals surface area (Å²) in [6, 6.07) is 15.3. The molecule has 0 bridgehead atoms. The maximum Gasteiger partial charge on any atom is 0.210 e. The Hall–Kier alpha value is -3.00. The Bertz CT molecular complexity index is 975. The van der Waals surface area contributed by atoms with Crippen LogP contribution in [0.5, 0.6) is 11.5 Å². The summed E-state index contributed by atoms with van der Waals surface area (Å²) in [5.74, 6) is 8.25. The molecule has 0 aliphatic rings. The van der Waals surface area contributed by atoms with E-state index in [1.807, 2.05) is 18.2 Å². The van der Waals surface area contributed by atoms with Crippen LogP contribution in [0.15, 0.2) is 53.7 Å². The van der Waals surface area contributed by atoms with Crippen LogP contribution in [-0.4, -0.2) is 40.6 Å². The quantitative estimate of drug-likeness (QED) is 0.327. The fourth-order valence-electron chi connectivity index (χ4n) is 2.96. The minimum atomic E-state index is -0.104. The zero-order valence-corrected chi connectivity index (χ0v) is 17.5. The summed E-state index contributed by atoms with van der Waals surface area (Å²) in [5, 5.41) is 8.85. The molecule has 0 radical (unpaired) electrons. The van der Waals surface area contributed by atoms with Gasteiger partial charge in [-0.05, 0) is 29.7 Å². The van der Waals surface area contributed by atoms with E-state index in [0.717, 1.165) is 0 Å². The highest BCUT2D eigenvalue weighted by atomic mass is 32.2. The molecule has 0 aliphatic heterocycles. The molecule has 0 amide bonds. The van der Waals surface area contributed by atoms with Crippen LogP contribution in [0.1, 0.15) is 34.6 Å². The zero-order chi connectivity index (χ0) is 20.8. The number of rotatable bonds is 9. The monoisotopic (exact) mass is 412 g/mol. The molecule has 0 aliphatic carbocycles. The van der Waals surface area contributed by atoms with Crippen molar-refractivity contribution in [1.29, 1.82) is 0 Å². The van der Waals surface area contributed by atoms with E-state index in [1.54, 1.807) is 25.3 Å². The summed E-state index contributed by atoms with van der Waals surface area (Å²) in [7, 11) is 3.09. The minimum absolute atomic E-state index is 0.104. The lowest BCUT2D eigenvalue weighted by Gasteiger charge is -2.11. The predicted molar refractivity (Wildman–Crippen MR) is 113 cm³/mol. The summed E-state index contributed by atoms with van der Waals surface area (Å²) < 4.78 is 11.9. The number of Topliss-reactive ketones (excluding diaryl/α,β-unsaturated/α-hetero) is 1. The standard InChI is InChI=1S/C21H24N4O3S/c1-14(15-7-5-4-6-8-15)11-20-23-24-21(25(20)22)29-13-18(26)17-12-16(27-2)9-10-19(17)28-3/h4-10,12,14H,11,13,22H2,1-3H3/t14-/m0/s1. The van der Waals surface area contributed by atoms with E-state index in [2.05, 4.69) is 29.3 Å². The lowest BCUT2D eigenvalue weighted by atomic mass is 9.98. The van der Waals surface area contributed by atoms with Gasteiger partial charge in [0.05, 0.1) is 25.5 Å². The first-order valence-electron chi connectivity index (χ1n) is 9.15. The molecule has 152 valence electrons. The van der Waals surface area contributed by atoms with Crippen molar-refractivity contribution in [2.45, 2.75) is 24.4 Å². The largest absolute Gasteiger partial charge is 0.497 e. The first-order valence-corrected chi connectivity index (χ1v) is 10.1. The summed E-state index contributed by atoms with van der Waals surface area (Å²) in [5.41, 5.74) is 1.67. The second-order valence-corrected chi connectivity index (χ2v) is 7.51. The van der Waals surface area contributed by atoms with Gasteiger partial charge < -0.3 is 15.3 Å². The third kappa shape index (κ3) is 4.89. The molecule has 2 N–H and O–H groups in total.